The molecular weight excluding hydrogens is 223 g/mol. The summed E-state index contributed by atoms with van der Waals surface area (Å²) in [6.45, 7) is 1.58. The van der Waals surface area contributed by atoms with E-state index in [0.29, 0.717) is 0 Å². The van der Waals surface area contributed by atoms with Gasteiger partial charge >= 0.3 is 17.9 Å². The summed E-state index contributed by atoms with van der Waals surface area (Å²) < 4.78 is 8.67. The maximum atomic E-state index is 10.9. The minimum absolute atomic E-state index is 0.526. The van der Waals surface area contributed by atoms with E-state index >= 15 is 0 Å². The highest BCUT2D eigenvalue weighted by Gasteiger charge is 2.25. The molecule has 0 aliphatic carbocycles. The second-order valence-electron chi connectivity index (χ2n) is 2.46. The molecule has 0 aromatic heterocycles. The van der Waals surface area contributed by atoms with Crippen LogP contribution in [0.2, 0.25) is 0 Å². The maximum absolute atomic E-state index is 10.9. The number of hydrogen-bond acceptors (Lipinski definition) is 5. The van der Waals surface area contributed by atoms with Gasteiger partial charge < -0.3 is 14.4 Å². The van der Waals surface area contributed by atoms with Gasteiger partial charge in [0, 0.05) is 6.08 Å². The second-order valence-corrected chi connectivity index (χ2v) is 2.69. The fourth-order valence-electron chi connectivity index (χ4n) is 0.694. The predicted molar refractivity (Wildman–Crippen MR) is 52.7 cm³/mol. The molecule has 15 heavy (non-hydrogen) atoms. The van der Waals surface area contributed by atoms with E-state index in [1.54, 1.807) is 16.4 Å². The molecule has 0 saturated carbocycles. The van der Waals surface area contributed by atoms with Gasteiger partial charge in [0.2, 0.25) is 6.10 Å². The molecule has 1 unspecified atom stereocenters. The third-order valence-corrected chi connectivity index (χ3v) is 1.58. The first-order valence-electron chi connectivity index (χ1n) is 3.97. The van der Waals surface area contributed by atoms with Crippen LogP contribution >= 0.6 is 9.47 Å². The standard InChI is InChI=1S/C8H11O6P/c1-2-3-6(9)13-5(8(11)12)4-7(10)14-15/h2-3,5H,4,15H2,1H3,(H,11,12)/b3-2+/t5-/m0/s1. The normalized spacial score (nSPS) is 12.1. The SMILES string of the molecule is C/C=C/C(=O)O[C@@H](CC(=O)OP)C(=O)O. The molecule has 0 amide bonds. The van der Waals surface area contributed by atoms with Crippen molar-refractivity contribution in [3.05, 3.63) is 12.2 Å². The molecular formula is C8H11O6P. The molecule has 0 aliphatic rings. The van der Waals surface area contributed by atoms with E-state index in [1.807, 2.05) is 0 Å². The molecule has 0 spiro atoms. The molecule has 0 bridgehead atoms. The van der Waals surface area contributed by atoms with E-state index in [0.717, 1.165) is 6.08 Å². The summed E-state index contributed by atoms with van der Waals surface area (Å²) in [5.41, 5.74) is 0. The van der Waals surface area contributed by atoms with Crippen LogP contribution in [-0.2, 0) is 23.6 Å². The number of carbonyl (C=O) groups is 3. The van der Waals surface area contributed by atoms with Crippen LogP contribution in [0.15, 0.2) is 12.2 Å². The minimum atomic E-state index is -1.53. The number of carbonyl (C=O) groups excluding carboxylic acids is 2. The number of carboxylic acid groups (broad SMARTS) is 1. The zero-order chi connectivity index (χ0) is 11.8. The van der Waals surface area contributed by atoms with Crippen LogP contribution in [0.1, 0.15) is 13.3 Å². The first-order valence-corrected chi connectivity index (χ1v) is 4.44. The summed E-state index contributed by atoms with van der Waals surface area (Å²) in [6, 6.07) is 0. The van der Waals surface area contributed by atoms with Crippen molar-refractivity contribution in [2.45, 2.75) is 19.4 Å². The number of hydrogen-bond donors (Lipinski definition) is 1. The molecule has 6 nitrogen and oxygen atoms in total. The molecule has 84 valence electrons. The van der Waals surface area contributed by atoms with Crippen molar-refractivity contribution in [3.8, 4) is 0 Å². The zero-order valence-electron chi connectivity index (χ0n) is 8.00. The second kappa shape index (κ2) is 6.95. The van der Waals surface area contributed by atoms with Crippen molar-refractivity contribution in [3.63, 3.8) is 0 Å². The highest BCUT2D eigenvalue weighted by Crippen LogP contribution is 2.04. The van der Waals surface area contributed by atoms with Gasteiger partial charge in [0.15, 0.2) is 0 Å². The van der Waals surface area contributed by atoms with Crippen molar-refractivity contribution < 1.29 is 28.8 Å². The van der Waals surface area contributed by atoms with Crippen molar-refractivity contribution >= 4 is 27.4 Å². The van der Waals surface area contributed by atoms with E-state index < -0.39 is 30.4 Å². The Morgan fingerprint density at radius 2 is 2.07 bits per heavy atom. The van der Waals surface area contributed by atoms with Crippen LogP contribution in [0.25, 0.3) is 0 Å². The zero-order valence-corrected chi connectivity index (χ0v) is 9.16. The Balaban J connectivity index is 4.35. The molecule has 0 aromatic rings. The first-order chi connectivity index (χ1) is 7.01. The number of carboxylic acids is 1. The van der Waals surface area contributed by atoms with Crippen molar-refractivity contribution in [1.29, 1.82) is 0 Å². The summed E-state index contributed by atoms with van der Waals surface area (Å²) in [4.78, 5) is 32.2. The third-order valence-electron chi connectivity index (χ3n) is 1.32. The number of allylic oxidation sites excluding steroid dienone is 1. The predicted octanol–water partition coefficient (Wildman–Crippen LogP) is 0.282. The Hall–Kier alpha value is -1.42. The molecule has 2 atom stereocenters. The topological polar surface area (TPSA) is 89.9 Å². The van der Waals surface area contributed by atoms with Crippen molar-refractivity contribution in [2.24, 2.45) is 0 Å². The Morgan fingerprint density at radius 1 is 1.47 bits per heavy atom. The van der Waals surface area contributed by atoms with E-state index in [-0.39, 0.29) is 0 Å². The lowest BCUT2D eigenvalue weighted by atomic mass is 10.2. The lowest BCUT2D eigenvalue weighted by Gasteiger charge is -2.10. The van der Waals surface area contributed by atoms with E-state index in [9.17, 15) is 14.4 Å². The molecule has 0 radical (unpaired) electrons. The summed E-state index contributed by atoms with van der Waals surface area (Å²) in [6.07, 6.45) is 0.404. The number of rotatable bonds is 5. The molecule has 0 saturated heterocycles. The van der Waals surface area contributed by atoms with Gasteiger partial charge in [-0.05, 0) is 6.92 Å². The number of esters is 1. The average molecular weight is 234 g/mol. The van der Waals surface area contributed by atoms with Gasteiger partial charge in [-0.15, -0.1) is 0 Å². The van der Waals surface area contributed by atoms with Gasteiger partial charge in [0.25, 0.3) is 0 Å². The van der Waals surface area contributed by atoms with Crippen LogP contribution in [0, 0.1) is 0 Å². The minimum Gasteiger partial charge on any atom is -0.478 e. The molecule has 1 N–H and O–H groups in total. The first kappa shape index (κ1) is 13.6. The van der Waals surface area contributed by atoms with Crippen molar-refractivity contribution in [2.75, 3.05) is 0 Å². The quantitative estimate of drug-likeness (QED) is 0.417. The van der Waals surface area contributed by atoms with Gasteiger partial charge in [-0.2, -0.15) is 0 Å². The summed E-state index contributed by atoms with van der Waals surface area (Å²) >= 11 is 0. The molecule has 0 heterocycles. The largest absolute Gasteiger partial charge is 0.478 e. The molecule has 0 fully saturated rings. The Morgan fingerprint density at radius 3 is 2.47 bits per heavy atom. The van der Waals surface area contributed by atoms with Gasteiger partial charge in [0.05, 0.1) is 15.9 Å². The van der Waals surface area contributed by atoms with Gasteiger partial charge in [-0.3, -0.25) is 4.79 Å². The van der Waals surface area contributed by atoms with Crippen LogP contribution in [0.5, 0.6) is 0 Å². The molecule has 0 aliphatic heterocycles. The van der Waals surface area contributed by atoms with Crippen molar-refractivity contribution in [1.82, 2.24) is 0 Å². The fourth-order valence-corrected chi connectivity index (χ4v) is 0.791. The highest BCUT2D eigenvalue weighted by atomic mass is 31.0. The van der Waals surface area contributed by atoms with Crippen LogP contribution in [0.4, 0.5) is 0 Å². The molecule has 0 rings (SSSR count). The number of aliphatic carboxylic acids is 1. The Bertz CT molecular complexity index is 285. The molecule has 0 aromatic carbocycles. The van der Waals surface area contributed by atoms with Gasteiger partial charge in [-0.1, -0.05) is 6.08 Å². The maximum Gasteiger partial charge on any atom is 0.345 e. The van der Waals surface area contributed by atoms with Crippen LogP contribution < -0.4 is 0 Å². The van der Waals surface area contributed by atoms with E-state index in [1.165, 1.54) is 6.08 Å². The smallest absolute Gasteiger partial charge is 0.345 e. The lowest BCUT2D eigenvalue weighted by Crippen LogP contribution is -2.29. The van der Waals surface area contributed by atoms with Gasteiger partial charge in [0.1, 0.15) is 0 Å². The van der Waals surface area contributed by atoms with E-state index in [4.69, 9.17) is 5.11 Å². The molecule has 7 heteroatoms. The third kappa shape index (κ3) is 5.80. The fraction of sp³-hybridized carbons (Fsp3) is 0.375. The summed E-state index contributed by atoms with van der Waals surface area (Å²) in [5, 5.41) is 8.62. The lowest BCUT2D eigenvalue weighted by molar-refractivity contribution is -0.163. The Kier molecular flexibility index (Phi) is 6.29. The average Bonchev–Trinajstić information content (AvgIpc) is 2.16. The van der Waals surface area contributed by atoms with Gasteiger partial charge in [-0.25, -0.2) is 9.59 Å². The van der Waals surface area contributed by atoms with Crippen LogP contribution in [0.3, 0.4) is 0 Å². The Labute approximate surface area is 88.5 Å². The summed E-state index contributed by atoms with van der Waals surface area (Å²) in [7, 11) is 1.69. The number of ether oxygens (including phenoxy) is 1. The summed E-state index contributed by atoms with van der Waals surface area (Å²) in [5.74, 6) is -3.01. The van der Waals surface area contributed by atoms with Crippen LogP contribution in [-0.4, -0.2) is 29.1 Å². The highest BCUT2D eigenvalue weighted by molar-refractivity contribution is 7.10. The van der Waals surface area contributed by atoms with E-state index in [2.05, 4.69) is 9.26 Å². The monoisotopic (exact) mass is 234 g/mol.